The third-order valence-electron chi connectivity index (χ3n) is 4.55. The number of hydrogen-bond donors (Lipinski definition) is 1. The fourth-order valence-corrected chi connectivity index (χ4v) is 3.92. The second-order valence-corrected chi connectivity index (χ2v) is 8.02. The van der Waals surface area contributed by atoms with Crippen molar-refractivity contribution in [3.05, 3.63) is 56.7 Å². The minimum atomic E-state index is -0.769. The van der Waals surface area contributed by atoms with E-state index in [1.165, 1.54) is 6.08 Å². The number of anilines is 1. The molecule has 31 heavy (non-hydrogen) atoms. The van der Waals surface area contributed by atoms with Crippen LogP contribution in [0.4, 0.5) is 10.5 Å². The summed E-state index contributed by atoms with van der Waals surface area (Å²) in [6.07, 6.45) is 2.31. The average molecular weight is 534 g/mol. The predicted molar refractivity (Wildman–Crippen MR) is 126 cm³/mol. The first kappa shape index (κ1) is 22.8. The number of nitrogens with one attached hydrogen (secondary N) is 1. The van der Waals surface area contributed by atoms with Gasteiger partial charge in [-0.25, -0.2) is 9.69 Å². The lowest BCUT2D eigenvalue weighted by Gasteiger charge is -2.27. The van der Waals surface area contributed by atoms with Crippen LogP contribution in [0.1, 0.15) is 31.4 Å². The Labute approximate surface area is 194 Å². The highest BCUT2D eigenvalue weighted by molar-refractivity contribution is 14.1. The molecular weight excluding hydrogens is 511 g/mol. The Bertz CT molecular complexity index is 1060. The van der Waals surface area contributed by atoms with Gasteiger partial charge in [0, 0.05) is 0 Å². The normalized spacial score (nSPS) is 15.3. The first-order valence-corrected chi connectivity index (χ1v) is 11.0. The van der Waals surface area contributed by atoms with Gasteiger partial charge >= 0.3 is 6.03 Å². The summed E-state index contributed by atoms with van der Waals surface area (Å²) in [4.78, 5) is 39.0. The molecule has 0 aromatic heterocycles. The summed E-state index contributed by atoms with van der Waals surface area (Å²) in [6, 6.07) is 9.75. The second kappa shape index (κ2) is 9.95. The minimum absolute atomic E-state index is 0.136. The number of imide groups is 2. The second-order valence-electron chi connectivity index (χ2n) is 6.86. The number of benzene rings is 2. The first-order valence-electron chi connectivity index (χ1n) is 9.93. The van der Waals surface area contributed by atoms with Gasteiger partial charge in [0.15, 0.2) is 11.5 Å². The van der Waals surface area contributed by atoms with Crippen LogP contribution in [0.25, 0.3) is 6.08 Å². The Morgan fingerprint density at radius 3 is 2.52 bits per heavy atom. The molecule has 1 fully saturated rings. The number of rotatable bonds is 7. The van der Waals surface area contributed by atoms with Gasteiger partial charge in [0.05, 0.1) is 22.5 Å². The minimum Gasteiger partial charge on any atom is -0.490 e. The summed E-state index contributed by atoms with van der Waals surface area (Å²) in [7, 11) is 0. The molecule has 0 radical (unpaired) electrons. The van der Waals surface area contributed by atoms with Crippen LogP contribution in [0.5, 0.6) is 11.5 Å². The van der Waals surface area contributed by atoms with Crippen molar-refractivity contribution < 1.29 is 23.9 Å². The third kappa shape index (κ3) is 4.90. The van der Waals surface area contributed by atoms with Crippen LogP contribution in [0.15, 0.2) is 42.0 Å². The SMILES string of the molecule is CCCOc1c(I)cc(/C=C2\C(=O)NC(=O)N(c3ccccc3C)C2=O)cc1OCC. The molecule has 2 aromatic rings. The largest absolute Gasteiger partial charge is 0.490 e. The quantitative estimate of drug-likeness (QED) is 0.323. The van der Waals surface area contributed by atoms with E-state index >= 15 is 0 Å². The fourth-order valence-electron chi connectivity index (χ4n) is 3.14. The van der Waals surface area contributed by atoms with Gasteiger partial charge in [-0.2, -0.15) is 0 Å². The lowest BCUT2D eigenvalue weighted by Crippen LogP contribution is -2.54. The summed E-state index contributed by atoms with van der Waals surface area (Å²) in [5.74, 6) is -0.255. The predicted octanol–water partition coefficient (Wildman–Crippen LogP) is 4.45. The topological polar surface area (TPSA) is 84.9 Å². The number of carbonyl (C=O) groups is 3. The van der Waals surface area contributed by atoms with Gasteiger partial charge in [-0.3, -0.25) is 14.9 Å². The summed E-state index contributed by atoms with van der Waals surface area (Å²) >= 11 is 2.13. The van der Waals surface area contributed by atoms with E-state index in [0.717, 1.165) is 20.5 Å². The van der Waals surface area contributed by atoms with Crippen LogP contribution in [0, 0.1) is 10.5 Å². The van der Waals surface area contributed by atoms with Crippen molar-refractivity contribution in [2.45, 2.75) is 27.2 Å². The van der Waals surface area contributed by atoms with Crippen LogP contribution in [0.3, 0.4) is 0 Å². The maximum atomic E-state index is 13.1. The first-order chi connectivity index (χ1) is 14.9. The summed E-state index contributed by atoms with van der Waals surface area (Å²) in [5, 5.41) is 2.25. The molecule has 3 rings (SSSR count). The van der Waals surface area contributed by atoms with Crippen LogP contribution < -0.4 is 19.7 Å². The van der Waals surface area contributed by atoms with Crippen molar-refractivity contribution in [2.24, 2.45) is 0 Å². The molecule has 0 spiro atoms. The summed E-state index contributed by atoms with van der Waals surface area (Å²) in [5.41, 5.74) is 1.62. The average Bonchev–Trinajstić information content (AvgIpc) is 2.72. The fraction of sp³-hybridized carbons (Fsp3) is 0.261. The number of amides is 4. The monoisotopic (exact) mass is 534 g/mol. The van der Waals surface area contributed by atoms with Gasteiger partial charge in [0.25, 0.3) is 11.8 Å². The number of halogens is 1. The van der Waals surface area contributed by atoms with Crippen molar-refractivity contribution >= 4 is 52.2 Å². The van der Waals surface area contributed by atoms with Crippen molar-refractivity contribution in [1.82, 2.24) is 5.32 Å². The number of carbonyl (C=O) groups excluding carboxylic acids is 3. The highest BCUT2D eigenvalue weighted by atomic mass is 127. The maximum absolute atomic E-state index is 13.1. The molecular formula is C23H23IN2O5. The van der Waals surface area contributed by atoms with E-state index in [1.54, 1.807) is 37.3 Å². The van der Waals surface area contributed by atoms with Crippen LogP contribution in [-0.2, 0) is 9.59 Å². The molecule has 0 bridgehead atoms. The van der Waals surface area contributed by atoms with Gasteiger partial charge < -0.3 is 9.47 Å². The van der Waals surface area contributed by atoms with E-state index in [9.17, 15) is 14.4 Å². The number of aryl methyl sites for hydroxylation is 1. The number of para-hydroxylation sites is 1. The molecule has 1 saturated heterocycles. The highest BCUT2D eigenvalue weighted by Gasteiger charge is 2.37. The molecule has 1 N–H and O–H groups in total. The standard InChI is InChI=1S/C23H23IN2O5/c1-4-10-31-20-17(24)12-15(13-19(20)30-5-2)11-16-21(27)25-23(29)26(22(16)28)18-9-7-6-8-14(18)3/h6-9,11-13H,4-5,10H2,1-3H3,(H,25,27,29)/b16-11+. The molecule has 0 aliphatic carbocycles. The Morgan fingerprint density at radius 1 is 1.10 bits per heavy atom. The van der Waals surface area contributed by atoms with Gasteiger partial charge in [-0.05, 0) is 78.3 Å². The molecule has 0 unspecified atom stereocenters. The Morgan fingerprint density at radius 2 is 1.84 bits per heavy atom. The van der Waals surface area contributed by atoms with E-state index in [-0.39, 0.29) is 5.57 Å². The molecule has 1 aliphatic heterocycles. The molecule has 0 atom stereocenters. The molecule has 1 heterocycles. The highest BCUT2D eigenvalue weighted by Crippen LogP contribution is 2.35. The van der Waals surface area contributed by atoms with Crippen molar-refractivity contribution in [3.63, 3.8) is 0 Å². The summed E-state index contributed by atoms with van der Waals surface area (Å²) < 4.78 is 12.3. The maximum Gasteiger partial charge on any atom is 0.335 e. The van der Waals surface area contributed by atoms with Crippen LogP contribution in [0.2, 0.25) is 0 Å². The lowest BCUT2D eigenvalue weighted by atomic mass is 10.1. The van der Waals surface area contributed by atoms with Gasteiger partial charge in [-0.15, -0.1) is 0 Å². The smallest absolute Gasteiger partial charge is 0.335 e. The zero-order valence-electron chi connectivity index (χ0n) is 17.5. The van der Waals surface area contributed by atoms with E-state index < -0.39 is 17.8 Å². The van der Waals surface area contributed by atoms with Crippen molar-refractivity contribution in [3.8, 4) is 11.5 Å². The number of urea groups is 1. The molecule has 0 saturated carbocycles. The van der Waals surface area contributed by atoms with E-state index in [4.69, 9.17) is 9.47 Å². The molecule has 2 aromatic carbocycles. The Balaban J connectivity index is 2.03. The molecule has 7 nitrogen and oxygen atoms in total. The number of nitrogens with zero attached hydrogens (tertiary/aromatic N) is 1. The van der Waals surface area contributed by atoms with Gasteiger partial charge in [0.1, 0.15) is 5.57 Å². The van der Waals surface area contributed by atoms with Crippen molar-refractivity contribution in [1.29, 1.82) is 0 Å². The third-order valence-corrected chi connectivity index (χ3v) is 5.35. The zero-order chi connectivity index (χ0) is 22.5. The number of barbiturate groups is 1. The zero-order valence-corrected chi connectivity index (χ0v) is 19.7. The Hall–Kier alpha value is -2.88. The Kier molecular flexibility index (Phi) is 7.32. The van der Waals surface area contributed by atoms with E-state index in [1.807, 2.05) is 19.9 Å². The molecule has 8 heteroatoms. The van der Waals surface area contributed by atoms with Gasteiger partial charge in [-0.1, -0.05) is 25.1 Å². The van der Waals surface area contributed by atoms with Gasteiger partial charge in [0.2, 0.25) is 0 Å². The number of ether oxygens (including phenoxy) is 2. The van der Waals surface area contributed by atoms with Crippen LogP contribution >= 0.6 is 22.6 Å². The molecule has 1 aliphatic rings. The van der Waals surface area contributed by atoms with E-state index in [2.05, 4.69) is 27.9 Å². The number of hydrogen-bond acceptors (Lipinski definition) is 5. The summed E-state index contributed by atoms with van der Waals surface area (Å²) in [6.45, 7) is 6.66. The lowest BCUT2D eigenvalue weighted by molar-refractivity contribution is -0.122. The molecule has 162 valence electrons. The molecule has 4 amide bonds. The van der Waals surface area contributed by atoms with E-state index in [0.29, 0.717) is 36.0 Å². The van der Waals surface area contributed by atoms with Crippen molar-refractivity contribution in [2.75, 3.05) is 18.1 Å². The van der Waals surface area contributed by atoms with Crippen LogP contribution in [-0.4, -0.2) is 31.1 Å².